The van der Waals surface area contributed by atoms with Crippen LogP contribution in [0.5, 0.6) is 0 Å². The summed E-state index contributed by atoms with van der Waals surface area (Å²) in [7, 11) is 0. The molecule has 0 radical (unpaired) electrons. The minimum absolute atomic E-state index is 0.205. The highest BCUT2D eigenvalue weighted by molar-refractivity contribution is 5.64. The van der Waals surface area contributed by atoms with Crippen LogP contribution in [0.2, 0.25) is 0 Å². The predicted molar refractivity (Wildman–Crippen MR) is 62.3 cm³/mol. The van der Waals surface area contributed by atoms with Gasteiger partial charge in [-0.2, -0.15) is 0 Å². The topological polar surface area (TPSA) is 88.2 Å². The van der Waals surface area contributed by atoms with Crippen molar-refractivity contribution in [2.75, 3.05) is 5.73 Å². The quantitative estimate of drug-likeness (QED) is 0.729. The first kappa shape index (κ1) is 12.3. The van der Waals surface area contributed by atoms with Gasteiger partial charge in [0, 0.05) is 0 Å². The summed E-state index contributed by atoms with van der Waals surface area (Å²) in [4.78, 5) is 14.7. The van der Waals surface area contributed by atoms with Crippen LogP contribution in [0.15, 0.2) is 6.07 Å². The van der Waals surface area contributed by atoms with Crippen molar-refractivity contribution in [2.45, 2.75) is 33.2 Å². The average Bonchev–Trinajstić information content (AvgIpc) is 2.19. The molecule has 0 aliphatic carbocycles. The molecule has 88 valence electrons. The van der Waals surface area contributed by atoms with Crippen LogP contribution in [0.4, 0.5) is 10.5 Å². The minimum Gasteiger partial charge on any atom is -0.465 e. The number of nitrogens with two attached hydrogens (primary N) is 1. The molecular weight excluding hydrogens is 206 g/mol. The fraction of sp³-hybridized carbons (Fsp3) is 0.455. The number of carbonyl (C=O) groups is 1. The number of hydrogen-bond acceptors (Lipinski definition) is 3. The molecule has 0 atom stereocenters. The van der Waals surface area contributed by atoms with Gasteiger partial charge in [-0.05, 0) is 24.5 Å². The first-order valence-electron chi connectivity index (χ1n) is 5.14. The van der Waals surface area contributed by atoms with E-state index < -0.39 is 6.09 Å². The van der Waals surface area contributed by atoms with E-state index in [1.165, 1.54) is 0 Å². The van der Waals surface area contributed by atoms with E-state index in [-0.39, 0.29) is 12.5 Å². The molecular formula is C11H17N3O2. The Balaban J connectivity index is 2.99. The molecule has 5 nitrogen and oxygen atoms in total. The maximum absolute atomic E-state index is 10.4. The lowest BCUT2D eigenvalue weighted by Crippen LogP contribution is -2.21. The van der Waals surface area contributed by atoms with Crippen molar-refractivity contribution in [2.24, 2.45) is 0 Å². The molecule has 0 unspecified atom stereocenters. The van der Waals surface area contributed by atoms with Crippen molar-refractivity contribution in [1.82, 2.24) is 10.3 Å². The van der Waals surface area contributed by atoms with Crippen molar-refractivity contribution < 1.29 is 9.90 Å². The van der Waals surface area contributed by atoms with Crippen LogP contribution in [0.25, 0.3) is 0 Å². The molecule has 1 rings (SSSR count). The van der Waals surface area contributed by atoms with Crippen LogP contribution in [-0.4, -0.2) is 16.2 Å². The van der Waals surface area contributed by atoms with Gasteiger partial charge in [0.1, 0.15) is 0 Å². The lowest BCUT2D eigenvalue weighted by Gasteiger charge is -2.13. The van der Waals surface area contributed by atoms with Gasteiger partial charge in [-0.1, -0.05) is 13.8 Å². The Morgan fingerprint density at radius 2 is 2.25 bits per heavy atom. The zero-order valence-corrected chi connectivity index (χ0v) is 9.74. The van der Waals surface area contributed by atoms with Gasteiger partial charge in [0.15, 0.2) is 0 Å². The zero-order valence-electron chi connectivity index (χ0n) is 9.74. The van der Waals surface area contributed by atoms with Gasteiger partial charge in [-0.15, -0.1) is 0 Å². The first-order chi connectivity index (χ1) is 7.41. The summed E-state index contributed by atoms with van der Waals surface area (Å²) < 4.78 is 0. The standard InChI is InChI=1S/C11H17N3O2/c1-6(2)10-9(12)7(3)4-8(14-10)5-13-11(15)16/h4,6,13H,5,12H2,1-3H3,(H,15,16). The highest BCUT2D eigenvalue weighted by Gasteiger charge is 2.10. The van der Waals surface area contributed by atoms with Crippen molar-refractivity contribution >= 4 is 11.8 Å². The fourth-order valence-electron chi connectivity index (χ4n) is 1.47. The maximum atomic E-state index is 10.4. The van der Waals surface area contributed by atoms with E-state index in [1.54, 1.807) is 6.07 Å². The lowest BCUT2D eigenvalue weighted by atomic mass is 10.0. The summed E-state index contributed by atoms with van der Waals surface area (Å²) in [6, 6.07) is 1.80. The average molecular weight is 223 g/mol. The Morgan fingerprint density at radius 1 is 1.62 bits per heavy atom. The van der Waals surface area contributed by atoms with Crippen molar-refractivity contribution in [3.8, 4) is 0 Å². The number of hydrogen-bond donors (Lipinski definition) is 3. The van der Waals surface area contributed by atoms with E-state index in [0.717, 1.165) is 11.3 Å². The predicted octanol–water partition coefficient (Wildman–Crippen LogP) is 1.86. The number of nitrogens with zero attached hydrogens (tertiary/aromatic N) is 1. The van der Waals surface area contributed by atoms with Crippen LogP contribution in [0.3, 0.4) is 0 Å². The number of pyridine rings is 1. The third-order valence-electron chi connectivity index (χ3n) is 2.32. The van der Waals surface area contributed by atoms with Crippen LogP contribution >= 0.6 is 0 Å². The Bertz CT molecular complexity index is 402. The van der Waals surface area contributed by atoms with E-state index in [9.17, 15) is 4.79 Å². The number of anilines is 1. The summed E-state index contributed by atoms with van der Waals surface area (Å²) in [6.07, 6.45) is -1.05. The second-order valence-electron chi connectivity index (χ2n) is 4.04. The van der Waals surface area contributed by atoms with Crippen molar-refractivity contribution in [3.05, 3.63) is 23.0 Å². The summed E-state index contributed by atoms with van der Waals surface area (Å²) in [5.74, 6) is 0.225. The molecule has 0 aliphatic rings. The summed E-state index contributed by atoms with van der Waals surface area (Å²) in [5.41, 5.74) is 9.04. The number of carboxylic acid groups (broad SMARTS) is 1. The highest BCUT2D eigenvalue weighted by atomic mass is 16.4. The number of nitrogen functional groups attached to an aromatic ring is 1. The Morgan fingerprint density at radius 3 is 2.75 bits per heavy atom. The van der Waals surface area contributed by atoms with E-state index >= 15 is 0 Å². The molecule has 1 amide bonds. The molecule has 0 spiro atoms. The Kier molecular flexibility index (Phi) is 3.71. The van der Waals surface area contributed by atoms with Gasteiger partial charge in [0.2, 0.25) is 0 Å². The number of nitrogens with one attached hydrogen (secondary N) is 1. The van der Waals surface area contributed by atoms with Gasteiger partial charge in [0.05, 0.1) is 23.6 Å². The third-order valence-corrected chi connectivity index (χ3v) is 2.32. The Labute approximate surface area is 94.7 Å². The largest absolute Gasteiger partial charge is 0.465 e. The summed E-state index contributed by atoms with van der Waals surface area (Å²) in [6.45, 7) is 6.11. The Hall–Kier alpha value is -1.78. The molecule has 0 bridgehead atoms. The number of aromatic nitrogens is 1. The van der Waals surface area contributed by atoms with Gasteiger partial charge in [-0.3, -0.25) is 4.98 Å². The molecule has 1 aromatic heterocycles. The van der Waals surface area contributed by atoms with E-state index in [2.05, 4.69) is 10.3 Å². The van der Waals surface area contributed by atoms with Crippen molar-refractivity contribution in [1.29, 1.82) is 0 Å². The molecule has 16 heavy (non-hydrogen) atoms. The summed E-state index contributed by atoms with van der Waals surface area (Å²) >= 11 is 0. The normalized spacial score (nSPS) is 10.5. The fourth-order valence-corrected chi connectivity index (χ4v) is 1.47. The smallest absolute Gasteiger partial charge is 0.404 e. The lowest BCUT2D eigenvalue weighted by molar-refractivity contribution is 0.194. The monoisotopic (exact) mass is 223 g/mol. The highest BCUT2D eigenvalue weighted by Crippen LogP contribution is 2.23. The second-order valence-corrected chi connectivity index (χ2v) is 4.04. The van der Waals surface area contributed by atoms with E-state index in [1.807, 2.05) is 20.8 Å². The zero-order chi connectivity index (χ0) is 12.3. The molecule has 0 aliphatic heterocycles. The molecule has 0 fully saturated rings. The number of rotatable bonds is 3. The van der Waals surface area contributed by atoms with Crippen molar-refractivity contribution in [3.63, 3.8) is 0 Å². The number of aryl methyl sites for hydroxylation is 1. The van der Waals surface area contributed by atoms with Gasteiger partial charge in [-0.25, -0.2) is 4.79 Å². The van der Waals surface area contributed by atoms with Gasteiger partial charge >= 0.3 is 6.09 Å². The van der Waals surface area contributed by atoms with Gasteiger partial charge in [0.25, 0.3) is 0 Å². The number of amides is 1. The van der Waals surface area contributed by atoms with Crippen LogP contribution in [-0.2, 0) is 6.54 Å². The van der Waals surface area contributed by atoms with E-state index in [4.69, 9.17) is 10.8 Å². The molecule has 0 saturated carbocycles. The molecule has 1 aromatic rings. The van der Waals surface area contributed by atoms with E-state index in [0.29, 0.717) is 11.4 Å². The molecule has 0 saturated heterocycles. The summed E-state index contributed by atoms with van der Waals surface area (Å²) in [5, 5.41) is 10.8. The molecule has 0 aromatic carbocycles. The third kappa shape index (κ3) is 2.85. The molecule has 5 heteroatoms. The molecule has 4 N–H and O–H groups in total. The maximum Gasteiger partial charge on any atom is 0.404 e. The van der Waals surface area contributed by atoms with Crippen LogP contribution in [0.1, 0.15) is 36.7 Å². The second kappa shape index (κ2) is 4.83. The van der Waals surface area contributed by atoms with Crippen LogP contribution < -0.4 is 11.1 Å². The minimum atomic E-state index is -1.05. The molecule has 1 heterocycles. The van der Waals surface area contributed by atoms with Gasteiger partial charge < -0.3 is 16.2 Å². The first-order valence-corrected chi connectivity index (χ1v) is 5.14. The SMILES string of the molecule is Cc1cc(CNC(=O)O)nc(C(C)C)c1N. The van der Waals surface area contributed by atoms with Crippen LogP contribution in [0, 0.1) is 6.92 Å².